The lowest BCUT2D eigenvalue weighted by molar-refractivity contribution is 0.130. The predicted octanol–water partition coefficient (Wildman–Crippen LogP) is 4.22. The van der Waals surface area contributed by atoms with Crippen LogP contribution in [0.1, 0.15) is 71.6 Å². The predicted molar refractivity (Wildman–Crippen MR) is 68.5 cm³/mol. The van der Waals surface area contributed by atoms with Gasteiger partial charge >= 0.3 is 0 Å². The van der Waals surface area contributed by atoms with Gasteiger partial charge in [0.15, 0.2) is 0 Å². The summed E-state index contributed by atoms with van der Waals surface area (Å²) in [5.74, 6) is 0. The number of hydrogen-bond acceptors (Lipinski definition) is 1. The molecule has 2 unspecified atom stereocenters. The summed E-state index contributed by atoms with van der Waals surface area (Å²) in [6.07, 6.45) is 9.85. The monoisotopic (exact) mass is 229 g/mol. The van der Waals surface area contributed by atoms with Crippen molar-refractivity contribution < 1.29 is 4.39 Å². The first-order valence-electron chi connectivity index (χ1n) is 7.06. The van der Waals surface area contributed by atoms with E-state index in [4.69, 9.17) is 0 Å². The van der Waals surface area contributed by atoms with Crippen molar-refractivity contribution in [2.75, 3.05) is 6.54 Å². The highest BCUT2D eigenvalue weighted by molar-refractivity contribution is 4.83. The fourth-order valence-corrected chi connectivity index (χ4v) is 2.63. The molecule has 1 nitrogen and oxygen atoms in total. The Kier molecular flexibility index (Phi) is 6.33. The third-order valence-electron chi connectivity index (χ3n) is 3.64. The molecule has 2 atom stereocenters. The minimum absolute atomic E-state index is 0.426. The van der Waals surface area contributed by atoms with Gasteiger partial charge in [-0.25, -0.2) is 4.39 Å². The minimum atomic E-state index is -0.956. The number of nitrogens with one attached hydrogen (secondary N) is 1. The van der Waals surface area contributed by atoms with Gasteiger partial charge in [0.1, 0.15) is 5.67 Å². The second-order valence-electron chi connectivity index (χ2n) is 5.57. The molecule has 2 heteroatoms. The molecule has 1 aliphatic rings. The number of unbranched alkanes of at least 4 members (excludes halogenated alkanes) is 3. The SMILES string of the molecule is CCCCCCC(C)(F)CC1CCCCN1. The summed E-state index contributed by atoms with van der Waals surface area (Å²) in [7, 11) is 0. The van der Waals surface area contributed by atoms with Crippen LogP contribution in [-0.4, -0.2) is 18.3 Å². The highest BCUT2D eigenvalue weighted by atomic mass is 19.1. The molecular formula is C14H28FN. The van der Waals surface area contributed by atoms with E-state index in [9.17, 15) is 4.39 Å². The van der Waals surface area contributed by atoms with E-state index < -0.39 is 5.67 Å². The molecule has 1 aliphatic heterocycles. The Hall–Kier alpha value is -0.110. The van der Waals surface area contributed by atoms with Crippen LogP contribution in [0.15, 0.2) is 0 Å². The first-order valence-corrected chi connectivity index (χ1v) is 7.06. The number of hydrogen-bond donors (Lipinski definition) is 1. The molecule has 0 spiro atoms. The lowest BCUT2D eigenvalue weighted by Crippen LogP contribution is -2.39. The molecule has 1 fully saturated rings. The summed E-state index contributed by atoms with van der Waals surface area (Å²) in [6.45, 7) is 5.06. The second-order valence-corrected chi connectivity index (χ2v) is 5.57. The fraction of sp³-hybridized carbons (Fsp3) is 1.00. The number of halogens is 1. The van der Waals surface area contributed by atoms with Crippen LogP contribution in [0.4, 0.5) is 4.39 Å². The third-order valence-corrected chi connectivity index (χ3v) is 3.64. The zero-order valence-electron chi connectivity index (χ0n) is 11.0. The molecule has 16 heavy (non-hydrogen) atoms. The van der Waals surface area contributed by atoms with E-state index in [1.165, 1.54) is 32.1 Å². The van der Waals surface area contributed by atoms with Crippen LogP contribution in [0.3, 0.4) is 0 Å². The van der Waals surface area contributed by atoms with Crippen molar-refractivity contribution in [1.82, 2.24) is 5.32 Å². The first kappa shape index (κ1) is 14.0. The van der Waals surface area contributed by atoms with E-state index >= 15 is 0 Å². The molecule has 1 heterocycles. The Labute approximate surface area is 100 Å². The average Bonchev–Trinajstić information content (AvgIpc) is 2.25. The summed E-state index contributed by atoms with van der Waals surface area (Å²) in [5.41, 5.74) is -0.956. The van der Waals surface area contributed by atoms with Gasteiger partial charge in [-0.3, -0.25) is 0 Å². The molecule has 1 N–H and O–H groups in total. The summed E-state index contributed by atoms with van der Waals surface area (Å²) in [6, 6.07) is 0.426. The minimum Gasteiger partial charge on any atom is -0.314 e. The molecule has 1 saturated heterocycles. The van der Waals surface area contributed by atoms with E-state index in [0.29, 0.717) is 12.5 Å². The van der Waals surface area contributed by atoms with Gasteiger partial charge in [0.25, 0.3) is 0 Å². The van der Waals surface area contributed by atoms with E-state index in [0.717, 1.165) is 25.8 Å². The summed E-state index contributed by atoms with van der Waals surface area (Å²) in [5, 5.41) is 3.44. The van der Waals surface area contributed by atoms with Crippen molar-refractivity contribution in [2.24, 2.45) is 0 Å². The van der Waals surface area contributed by atoms with Crippen molar-refractivity contribution in [3.05, 3.63) is 0 Å². The summed E-state index contributed by atoms with van der Waals surface area (Å²) in [4.78, 5) is 0. The zero-order valence-corrected chi connectivity index (χ0v) is 11.0. The van der Waals surface area contributed by atoms with Gasteiger partial charge in [-0.1, -0.05) is 39.0 Å². The molecular weight excluding hydrogens is 201 g/mol. The molecule has 0 aromatic rings. The van der Waals surface area contributed by atoms with Crippen LogP contribution in [0, 0.1) is 0 Å². The van der Waals surface area contributed by atoms with E-state index in [2.05, 4.69) is 12.2 Å². The van der Waals surface area contributed by atoms with Crippen molar-refractivity contribution >= 4 is 0 Å². The largest absolute Gasteiger partial charge is 0.314 e. The molecule has 0 aromatic heterocycles. The van der Waals surface area contributed by atoms with E-state index in [1.54, 1.807) is 6.92 Å². The van der Waals surface area contributed by atoms with E-state index in [-0.39, 0.29) is 0 Å². The molecule has 0 aromatic carbocycles. The van der Waals surface area contributed by atoms with Crippen LogP contribution in [0.5, 0.6) is 0 Å². The Balaban J connectivity index is 2.16. The Morgan fingerprint density at radius 1 is 1.25 bits per heavy atom. The molecule has 96 valence electrons. The third kappa shape index (κ3) is 5.83. The molecule has 0 aliphatic carbocycles. The standard InChI is InChI=1S/C14H28FN/c1-3-4-5-7-10-14(2,15)12-13-9-6-8-11-16-13/h13,16H,3-12H2,1-2H3. The lowest BCUT2D eigenvalue weighted by Gasteiger charge is -2.30. The first-order chi connectivity index (χ1) is 7.64. The van der Waals surface area contributed by atoms with Gasteiger partial charge in [0.2, 0.25) is 0 Å². The normalized spacial score (nSPS) is 25.3. The van der Waals surface area contributed by atoms with Gasteiger partial charge in [-0.2, -0.15) is 0 Å². The molecule has 1 rings (SSSR count). The second kappa shape index (κ2) is 7.26. The topological polar surface area (TPSA) is 12.0 Å². The highest BCUT2D eigenvalue weighted by Crippen LogP contribution is 2.27. The Bertz CT molecular complexity index is 174. The summed E-state index contributed by atoms with van der Waals surface area (Å²) >= 11 is 0. The van der Waals surface area contributed by atoms with Crippen molar-refractivity contribution in [3.8, 4) is 0 Å². The molecule has 0 amide bonds. The van der Waals surface area contributed by atoms with Crippen LogP contribution in [0.25, 0.3) is 0 Å². The van der Waals surface area contributed by atoms with Gasteiger partial charge in [0.05, 0.1) is 0 Å². The zero-order chi connectivity index (χ0) is 11.9. The van der Waals surface area contributed by atoms with Crippen molar-refractivity contribution in [3.63, 3.8) is 0 Å². The van der Waals surface area contributed by atoms with Gasteiger partial charge in [-0.05, 0) is 39.2 Å². The smallest absolute Gasteiger partial charge is 0.109 e. The van der Waals surface area contributed by atoms with E-state index in [1.807, 2.05) is 0 Å². The average molecular weight is 229 g/mol. The Morgan fingerprint density at radius 3 is 2.69 bits per heavy atom. The molecule has 0 saturated carbocycles. The van der Waals surface area contributed by atoms with Crippen molar-refractivity contribution in [1.29, 1.82) is 0 Å². The summed E-state index contributed by atoms with van der Waals surface area (Å²) < 4.78 is 14.3. The maximum atomic E-state index is 14.3. The fourth-order valence-electron chi connectivity index (χ4n) is 2.63. The molecule has 0 bridgehead atoms. The van der Waals surface area contributed by atoms with Crippen molar-refractivity contribution in [2.45, 2.75) is 83.3 Å². The van der Waals surface area contributed by atoms with Crippen LogP contribution < -0.4 is 5.32 Å². The number of piperidine rings is 1. The Morgan fingerprint density at radius 2 is 2.06 bits per heavy atom. The maximum Gasteiger partial charge on any atom is 0.109 e. The number of alkyl halides is 1. The van der Waals surface area contributed by atoms with Crippen LogP contribution >= 0.6 is 0 Å². The molecule has 0 radical (unpaired) electrons. The van der Waals surface area contributed by atoms with Gasteiger partial charge in [0, 0.05) is 6.04 Å². The van der Waals surface area contributed by atoms with Crippen LogP contribution in [-0.2, 0) is 0 Å². The highest BCUT2D eigenvalue weighted by Gasteiger charge is 2.27. The van der Waals surface area contributed by atoms with Crippen LogP contribution in [0.2, 0.25) is 0 Å². The van der Waals surface area contributed by atoms with Gasteiger partial charge in [-0.15, -0.1) is 0 Å². The number of rotatable bonds is 7. The van der Waals surface area contributed by atoms with Gasteiger partial charge < -0.3 is 5.32 Å². The quantitative estimate of drug-likeness (QED) is 0.645. The lowest BCUT2D eigenvalue weighted by atomic mass is 9.89. The maximum absolute atomic E-state index is 14.3.